The summed E-state index contributed by atoms with van der Waals surface area (Å²) >= 11 is 0. The maximum atomic E-state index is 11.8. The van der Waals surface area contributed by atoms with Crippen LogP contribution in [-0.4, -0.2) is 25.5 Å². The maximum absolute atomic E-state index is 11.8. The second kappa shape index (κ2) is 5.66. The third kappa shape index (κ3) is 3.66. The number of aryl methyl sites for hydroxylation is 2. The van der Waals surface area contributed by atoms with Crippen LogP contribution in [0.5, 0.6) is 0 Å². The van der Waals surface area contributed by atoms with Crippen molar-refractivity contribution in [3.8, 4) is 0 Å². The van der Waals surface area contributed by atoms with Crippen molar-refractivity contribution < 1.29 is 4.79 Å². The van der Waals surface area contributed by atoms with Crippen LogP contribution < -0.4 is 10.6 Å². The van der Waals surface area contributed by atoms with E-state index in [9.17, 15) is 4.79 Å². The van der Waals surface area contributed by atoms with E-state index in [0.29, 0.717) is 6.54 Å². The highest BCUT2D eigenvalue weighted by atomic mass is 16.1. The van der Waals surface area contributed by atoms with Crippen molar-refractivity contribution in [2.45, 2.75) is 26.8 Å². The molecule has 0 radical (unpaired) electrons. The summed E-state index contributed by atoms with van der Waals surface area (Å²) in [6, 6.07) is 6.17. The van der Waals surface area contributed by atoms with Gasteiger partial charge in [-0.05, 0) is 40.0 Å². The van der Waals surface area contributed by atoms with Crippen LogP contribution >= 0.6 is 0 Å². The van der Waals surface area contributed by atoms with Crippen molar-refractivity contribution in [3.05, 3.63) is 34.9 Å². The van der Waals surface area contributed by atoms with E-state index in [-0.39, 0.29) is 11.9 Å². The van der Waals surface area contributed by atoms with Crippen LogP contribution in [0.25, 0.3) is 0 Å². The molecular weight excluding hydrogens is 200 g/mol. The Bertz CT molecular complexity index is 354. The average molecular weight is 220 g/mol. The summed E-state index contributed by atoms with van der Waals surface area (Å²) in [5, 5.41) is 5.98. The molecule has 1 unspecified atom stereocenters. The molecular formula is C13H20N2O. The summed E-state index contributed by atoms with van der Waals surface area (Å²) < 4.78 is 0. The summed E-state index contributed by atoms with van der Waals surface area (Å²) in [7, 11) is 1.88. The molecule has 16 heavy (non-hydrogen) atoms. The van der Waals surface area contributed by atoms with E-state index < -0.39 is 0 Å². The molecule has 0 saturated carbocycles. The molecule has 0 aliphatic heterocycles. The molecule has 0 aromatic heterocycles. The molecule has 3 heteroatoms. The number of nitrogens with one attached hydrogen (secondary N) is 2. The van der Waals surface area contributed by atoms with Gasteiger partial charge >= 0.3 is 0 Å². The second-order valence-corrected chi connectivity index (χ2v) is 4.28. The van der Waals surface area contributed by atoms with Gasteiger partial charge in [0.05, 0.1) is 0 Å². The predicted octanol–water partition coefficient (Wildman–Crippen LogP) is 1.64. The molecule has 3 nitrogen and oxygen atoms in total. The van der Waals surface area contributed by atoms with Gasteiger partial charge < -0.3 is 10.6 Å². The topological polar surface area (TPSA) is 41.1 Å². The van der Waals surface area contributed by atoms with Crippen molar-refractivity contribution >= 4 is 5.91 Å². The molecule has 1 aromatic carbocycles. The molecule has 1 atom stereocenters. The van der Waals surface area contributed by atoms with Gasteiger partial charge in [0, 0.05) is 18.2 Å². The lowest BCUT2D eigenvalue weighted by Crippen LogP contribution is -2.37. The lowest BCUT2D eigenvalue weighted by Gasteiger charge is -2.12. The molecule has 0 bridgehead atoms. The Balaban J connectivity index is 2.66. The highest BCUT2D eigenvalue weighted by molar-refractivity contribution is 5.94. The largest absolute Gasteiger partial charge is 0.350 e. The van der Waals surface area contributed by atoms with Crippen molar-refractivity contribution in [1.82, 2.24) is 10.6 Å². The van der Waals surface area contributed by atoms with Gasteiger partial charge in [0.25, 0.3) is 5.91 Å². The Labute approximate surface area is 97.2 Å². The molecule has 88 valence electrons. The number of likely N-dealkylation sites (N-methyl/N-ethyl adjacent to an activating group) is 1. The number of hydrogen-bond acceptors (Lipinski definition) is 2. The standard InChI is InChI=1S/C13H20N2O/c1-9-5-10(2)7-12(6-9)13(16)15-8-11(3)14-4/h5-7,11,14H,8H2,1-4H3,(H,15,16). The highest BCUT2D eigenvalue weighted by Crippen LogP contribution is 2.08. The van der Waals surface area contributed by atoms with Crippen molar-refractivity contribution in [2.75, 3.05) is 13.6 Å². The van der Waals surface area contributed by atoms with Gasteiger partial charge in [-0.25, -0.2) is 0 Å². The van der Waals surface area contributed by atoms with E-state index in [1.807, 2.05) is 40.0 Å². The minimum atomic E-state index is -0.00565. The molecule has 0 saturated heterocycles. The van der Waals surface area contributed by atoms with E-state index in [1.165, 1.54) is 0 Å². The number of benzene rings is 1. The predicted molar refractivity (Wildman–Crippen MR) is 66.8 cm³/mol. The summed E-state index contributed by atoms with van der Waals surface area (Å²) in [6.45, 7) is 6.67. The van der Waals surface area contributed by atoms with Crippen LogP contribution in [0.4, 0.5) is 0 Å². The fourth-order valence-electron chi connectivity index (χ4n) is 1.56. The van der Waals surface area contributed by atoms with Crippen LogP contribution in [0.15, 0.2) is 18.2 Å². The summed E-state index contributed by atoms with van der Waals surface area (Å²) in [5.41, 5.74) is 2.97. The molecule has 0 aliphatic rings. The second-order valence-electron chi connectivity index (χ2n) is 4.28. The van der Waals surface area contributed by atoms with Gasteiger partial charge in [-0.2, -0.15) is 0 Å². The van der Waals surface area contributed by atoms with Gasteiger partial charge in [0.15, 0.2) is 0 Å². The lowest BCUT2D eigenvalue weighted by atomic mass is 10.1. The smallest absolute Gasteiger partial charge is 0.251 e. The highest BCUT2D eigenvalue weighted by Gasteiger charge is 2.07. The monoisotopic (exact) mass is 220 g/mol. The third-order valence-corrected chi connectivity index (χ3v) is 2.55. The number of rotatable bonds is 4. The molecule has 2 N–H and O–H groups in total. The van der Waals surface area contributed by atoms with Crippen molar-refractivity contribution in [2.24, 2.45) is 0 Å². The minimum Gasteiger partial charge on any atom is -0.350 e. The lowest BCUT2D eigenvalue weighted by molar-refractivity contribution is 0.0950. The zero-order valence-electron chi connectivity index (χ0n) is 10.4. The van der Waals surface area contributed by atoms with Crippen LogP contribution in [0.2, 0.25) is 0 Å². The Morgan fingerprint density at radius 1 is 1.25 bits per heavy atom. The van der Waals surface area contributed by atoms with E-state index >= 15 is 0 Å². The summed E-state index contributed by atoms with van der Waals surface area (Å²) in [5.74, 6) is -0.00565. The average Bonchev–Trinajstić information content (AvgIpc) is 2.23. The minimum absolute atomic E-state index is 0.00565. The van der Waals surface area contributed by atoms with Gasteiger partial charge in [0.2, 0.25) is 0 Å². The molecule has 0 fully saturated rings. The molecule has 1 rings (SSSR count). The quantitative estimate of drug-likeness (QED) is 0.810. The van der Waals surface area contributed by atoms with Crippen LogP contribution in [0.3, 0.4) is 0 Å². The summed E-state index contributed by atoms with van der Waals surface area (Å²) in [6.07, 6.45) is 0. The number of hydrogen-bond donors (Lipinski definition) is 2. The zero-order valence-corrected chi connectivity index (χ0v) is 10.4. The molecule has 1 amide bonds. The van der Waals surface area contributed by atoms with Crippen molar-refractivity contribution in [1.29, 1.82) is 0 Å². The van der Waals surface area contributed by atoms with Gasteiger partial charge in [-0.3, -0.25) is 4.79 Å². The van der Waals surface area contributed by atoms with Crippen LogP contribution in [-0.2, 0) is 0 Å². The van der Waals surface area contributed by atoms with Crippen molar-refractivity contribution in [3.63, 3.8) is 0 Å². The third-order valence-electron chi connectivity index (χ3n) is 2.55. The Kier molecular flexibility index (Phi) is 4.50. The first-order valence-electron chi connectivity index (χ1n) is 5.56. The fourth-order valence-corrected chi connectivity index (χ4v) is 1.56. The number of carbonyl (C=O) groups excluding carboxylic acids is 1. The van der Waals surface area contributed by atoms with E-state index in [2.05, 4.69) is 16.7 Å². The Morgan fingerprint density at radius 2 is 1.81 bits per heavy atom. The van der Waals surface area contributed by atoms with Crippen LogP contribution in [0.1, 0.15) is 28.4 Å². The summed E-state index contributed by atoms with van der Waals surface area (Å²) in [4.78, 5) is 11.8. The number of carbonyl (C=O) groups is 1. The van der Waals surface area contributed by atoms with Gasteiger partial charge in [-0.1, -0.05) is 17.2 Å². The maximum Gasteiger partial charge on any atom is 0.251 e. The van der Waals surface area contributed by atoms with Gasteiger partial charge in [0.1, 0.15) is 0 Å². The SMILES string of the molecule is CNC(C)CNC(=O)c1cc(C)cc(C)c1. The van der Waals surface area contributed by atoms with E-state index in [4.69, 9.17) is 0 Å². The first-order valence-corrected chi connectivity index (χ1v) is 5.56. The van der Waals surface area contributed by atoms with E-state index in [1.54, 1.807) is 0 Å². The first-order chi connectivity index (χ1) is 7.52. The Hall–Kier alpha value is -1.35. The fraction of sp³-hybridized carbons (Fsp3) is 0.462. The molecule has 0 heterocycles. The zero-order chi connectivity index (χ0) is 12.1. The van der Waals surface area contributed by atoms with Gasteiger partial charge in [-0.15, -0.1) is 0 Å². The first kappa shape index (κ1) is 12.7. The normalized spacial score (nSPS) is 12.2. The Morgan fingerprint density at radius 3 is 2.31 bits per heavy atom. The number of amides is 1. The molecule has 0 aliphatic carbocycles. The van der Waals surface area contributed by atoms with Crippen LogP contribution in [0, 0.1) is 13.8 Å². The van der Waals surface area contributed by atoms with E-state index in [0.717, 1.165) is 16.7 Å². The molecule has 1 aromatic rings. The molecule has 0 spiro atoms.